The fourth-order valence-corrected chi connectivity index (χ4v) is 2.24. The molecule has 3 aromatic rings. The van der Waals surface area contributed by atoms with E-state index in [-0.39, 0.29) is 6.04 Å². The summed E-state index contributed by atoms with van der Waals surface area (Å²) >= 11 is 0. The lowest BCUT2D eigenvalue weighted by Gasteiger charge is -2.05. The molecule has 0 aliphatic carbocycles. The van der Waals surface area contributed by atoms with Crippen molar-refractivity contribution in [3.8, 4) is 11.4 Å². The molecule has 2 aromatic carbocycles. The highest BCUT2D eigenvalue weighted by atomic mass is 16.5. The van der Waals surface area contributed by atoms with E-state index >= 15 is 0 Å². The summed E-state index contributed by atoms with van der Waals surface area (Å²) in [6.45, 7) is 2.03. The van der Waals surface area contributed by atoms with Crippen LogP contribution in [0.1, 0.15) is 23.1 Å². The standard InChI is InChI=1S/C17H17N3O/c1-12-6-5-9-14(10-12)16-19-17(21-20-16)15(18)11-13-7-3-2-4-8-13/h2-10,15H,11,18H2,1H3/t15-/m0/s1. The second kappa shape index (κ2) is 5.89. The van der Waals surface area contributed by atoms with Crippen molar-refractivity contribution in [2.75, 3.05) is 0 Å². The van der Waals surface area contributed by atoms with Gasteiger partial charge in [-0.1, -0.05) is 59.3 Å². The van der Waals surface area contributed by atoms with Crippen LogP contribution >= 0.6 is 0 Å². The molecule has 4 heteroatoms. The van der Waals surface area contributed by atoms with E-state index in [9.17, 15) is 0 Å². The van der Waals surface area contributed by atoms with Crippen LogP contribution in [0.2, 0.25) is 0 Å². The fourth-order valence-electron chi connectivity index (χ4n) is 2.24. The molecule has 1 aromatic heterocycles. The number of aryl methyl sites for hydroxylation is 1. The van der Waals surface area contributed by atoms with Crippen molar-refractivity contribution < 1.29 is 4.52 Å². The maximum atomic E-state index is 6.15. The quantitative estimate of drug-likeness (QED) is 0.796. The van der Waals surface area contributed by atoms with E-state index < -0.39 is 0 Å². The minimum absolute atomic E-state index is 0.293. The van der Waals surface area contributed by atoms with Gasteiger partial charge in [-0.3, -0.25) is 0 Å². The Bertz CT molecular complexity index is 722. The average Bonchev–Trinajstić information content (AvgIpc) is 2.98. The summed E-state index contributed by atoms with van der Waals surface area (Å²) in [5.74, 6) is 1.05. The average molecular weight is 279 g/mol. The number of hydrogen-bond acceptors (Lipinski definition) is 4. The Kier molecular flexibility index (Phi) is 3.79. The fraction of sp³-hybridized carbons (Fsp3) is 0.176. The summed E-state index contributed by atoms with van der Waals surface area (Å²) in [5.41, 5.74) is 9.41. The van der Waals surface area contributed by atoms with E-state index in [2.05, 4.69) is 10.1 Å². The van der Waals surface area contributed by atoms with Crippen LogP contribution in [0.3, 0.4) is 0 Å². The Hall–Kier alpha value is -2.46. The van der Waals surface area contributed by atoms with Gasteiger partial charge in [-0.15, -0.1) is 0 Å². The largest absolute Gasteiger partial charge is 0.337 e. The predicted octanol–water partition coefficient (Wildman–Crippen LogP) is 3.29. The summed E-state index contributed by atoms with van der Waals surface area (Å²) < 4.78 is 5.31. The first-order chi connectivity index (χ1) is 10.2. The highest BCUT2D eigenvalue weighted by molar-refractivity contribution is 5.55. The van der Waals surface area contributed by atoms with Crippen LogP contribution in [-0.2, 0) is 6.42 Å². The van der Waals surface area contributed by atoms with Crippen LogP contribution in [0.4, 0.5) is 0 Å². The van der Waals surface area contributed by atoms with Crippen LogP contribution in [0.15, 0.2) is 59.1 Å². The number of nitrogens with two attached hydrogens (primary N) is 1. The van der Waals surface area contributed by atoms with Crippen molar-refractivity contribution in [2.24, 2.45) is 5.73 Å². The first-order valence-corrected chi connectivity index (χ1v) is 6.92. The van der Waals surface area contributed by atoms with Crippen molar-refractivity contribution >= 4 is 0 Å². The highest BCUT2D eigenvalue weighted by Gasteiger charge is 2.16. The monoisotopic (exact) mass is 279 g/mol. The predicted molar refractivity (Wildman–Crippen MR) is 81.5 cm³/mol. The molecule has 0 aliphatic heterocycles. The van der Waals surface area contributed by atoms with Gasteiger partial charge < -0.3 is 10.3 Å². The van der Waals surface area contributed by atoms with Crippen LogP contribution in [0, 0.1) is 6.92 Å². The summed E-state index contributed by atoms with van der Waals surface area (Å²) in [5, 5.41) is 4.02. The van der Waals surface area contributed by atoms with E-state index in [1.54, 1.807) is 0 Å². The summed E-state index contributed by atoms with van der Waals surface area (Å²) in [6.07, 6.45) is 0.677. The molecule has 0 amide bonds. The molecule has 21 heavy (non-hydrogen) atoms. The Labute approximate surface area is 123 Å². The van der Waals surface area contributed by atoms with Crippen LogP contribution in [0.25, 0.3) is 11.4 Å². The van der Waals surface area contributed by atoms with Crippen molar-refractivity contribution in [1.82, 2.24) is 10.1 Å². The third-order valence-corrected chi connectivity index (χ3v) is 3.33. The minimum Gasteiger partial charge on any atom is -0.337 e. The van der Waals surface area contributed by atoms with E-state index in [1.807, 2.05) is 61.5 Å². The van der Waals surface area contributed by atoms with Gasteiger partial charge in [0.15, 0.2) is 0 Å². The summed E-state index contributed by atoms with van der Waals surface area (Å²) in [6, 6.07) is 17.8. The second-order valence-corrected chi connectivity index (χ2v) is 5.12. The molecule has 4 nitrogen and oxygen atoms in total. The highest BCUT2D eigenvalue weighted by Crippen LogP contribution is 2.20. The number of rotatable bonds is 4. The molecular formula is C17H17N3O. The van der Waals surface area contributed by atoms with Crippen molar-refractivity contribution in [1.29, 1.82) is 0 Å². The molecule has 0 bridgehead atoms. The van der Waals surface area contributed by atoms with Gasteiger partial charge >= 0.3 is 0 Å². The topological polar surface area (TPSA) is 64.9 Å². The molecular weight excluding hydrogens is 262 g/mol. The molecule has 0 radical (unpaired) electrons. The Morgan fingerprint density at radius 1 is 1.10 bits per heavy atom. The van der Waals surface area contributed by atoms with Crippen molar-refractivity contribution in [2.45, 2.75) is 19.4 Å². The molecule has 0 aliphatic rings. The molecule has 0 unspecified atom stereocenters. The third kappa shape index (κ3) is 3.17. The molecule has 0 spiro atoms. The Balaban J connectivity index is 1.78. The Morgan fingerprint density at radius 3 is 2.67 bits per heavy atom. The normalized spacial score (nSPS) is 12.3. The smallest absolute Gasteiger partial charge is 0.244 e. The van der Waals surface area contributed by atoms with Gasteiger partial charge in [0.2, 0.25) is 11.7 Å². The zero-order valence-corrected chi connectivity index (χ0v) is 11.9. The SMILES string of the molecule is Cc1cccc(-c2noc([C@@H](N)Cc3ccccc3)n2)c1. The van der Waals surface area contributed by atoms with Crippen molar-refractivity contribution in [3.05, 3.63) is 71.6 Å². The minimum atomic E-state index is -0.293. The van der Waals surface area contributed by atoms with Gasteiger partial charge in [-0.25, -0.2) is 0 Å². The van der Waals surface area contributed by atoms with Gasteiger partial charge in [0.05, 0.1) is 6.04 Å². The number of hydrogen-bond donors (Lipinski definition) is 1. The molecule has 3 rings (SSSR count). The van der Waals surface area contributed by atoms with E-state index in [0.29, 0.717) is 18.1 Å². The third-order valence-electron chi connectivity index (χ3n) is 3.33. The molecule has 0 fully saturated rings. The van der Waals surface area contributed by atoms with E-state index in [4.69, 9.17) is 10.3 Å². The first kappa shape index (κ1) is 13.5. The van der Waals surface area contributed by atoms with Crippen LogP contribution in [0.5, 0.6) is 0 Å². The zero-order chi connectivity index (χ0) is 14.7. The number of benzene rings is 2. The molecule has 0 saturated heterocycles. The van der Waals surface area contributed by atoms with E-state index in [0.717, 1.165) is 16.7 Å². The van der Waals surface area contributed by atoms with E-state index in [1.165, 1.54) is 0 Å². The zero-order valence-electron chi connectivity index (χ0n) is 11.9. The second-order valence-electron chi connectivity index (χ2n) is 5.12. The lowest BCUT2D eigenvalue weighted by molar-refractivity contribution is 0.354. The lowest BCUT2D eigenvalue weighted by atomic mass is 10.1. The summed E-state index contributed by atoms with van der Waals surface area (Å²) in [7, 11) is 0. The maximum absolute atomic E-state index is 6.15. The maximum Gasteiger partial charge on any atom is 0.244 e. The molecule has 1 atom stereocenters. The Morgan fingerprint density at radius 2 is 1.90 bits per heavy atom. The molecule has 0 saturated carbocycles. The van der Waals surface area contributed by atoms with Gasteiger partial charge in [-0.05, 0) is 25.0 Å². The molecule has 106 valence electrons. The van der Waals surface area contributed by atoms with Gasteiger partial charge in [0.1, 0.15) is 0 Å². The number of nitrogens with zero attached hydrogens (tertiary/aromatic N) is 2. The first-order valence-electron chi connectivity index (χ1n) is 6.92. The van der Waals surface area contributed by atoms with Crippen LogP contribution < -0.4 is 5.73 Å². The summed E-state index contributed by atoms with van der Waals surface area (Å²) in [4.78, 5) is 4.41. The van der Waals surface area contributed by atoms with Gasteiger partial charge in [0, 0.05) is 5.56 Å². The molecule has 1 heterocycles. The van der Waals surface area contributed by atoms with Crippen molar-refractivity contribution in [3.63, 3.8) is 0 Å². The van der Waals surface area contributed by atoms with Gasteiger partial charge in [0.25, 0.3) is 0 Å². The van der Waals surface area contributed by atoms with Gasteiger partial charge in [-0.2, -0.15) is 4.98 Å². The number of aromatic nitrogens is 2. The lowest BCUT2D eigenvalue weighted by Crippen LogP contribution is -2.13. The van der Waals surface area contributed by atoms with Crippen LogP contribution in [-0.4, -0.2) is 10.1 Å². The molecule has 2 N–H and O–H groups in total.